The number of aldehydes is 1. The molecular weight excluding hydrogens is 260 g/mol. The smallest absolute Gasteiger partial charge is 0.317 e. The molecule has 0 amide bonds. The number of carboxylic acids is 1. The first-order chi connectivity index (χ1) is 9.54. The lowest BCUT2D eigenvalue weighted by Gasteiger charge is -2.05. The normalized spacial score (nSPS) is 12.0. The minimum atomic E-state index is -1.38. The van der Waals surface area contributed by atoms with Crippen molar-refractivity contribution in [3.63, 3.8) is 0 Å². The Balaban J connectivity index is 2.77. The summed E-state index contributed by atoms with van der Waals surface area (Å²) in [6.45, 7) is 0. The summed E-state index contributed by atoms with van der Waals surface area (Å²) in [6.07, 6.45) is 2.23. The fraction of sp³-hybridized carbons (Fsp3) is 0.200. The molecule has 0 aliphatic carbocycles. The van der Waals surface area contributed by atoms with Crippen molar-refractivity contribution < 1.29 is 24.3 Å². The van der Waals surface area contributed by atoms with Gasteiger partial charge in [0.1, 0.15) is 18.0 Å². The Kier molecular flexibility index (Phi) is 6.03. The van der Waals surface area contributed by atoms with Crippen LogP contribution in [0.5, 0.6) is 0 Å². The summed E-state index contributed by atoms with van der Waals surface area (Å²) in [7, 11) is 0. The standard InChI is InChI=1S/C15H14O5/c16-9-8-12(17)10-14(18)13(15(19)20)7-6-11-4-2-1-3-5-11/h1-7,9,13H,8,10H2,(H,19,20)/b7-6+. The molecule has 5 nitrogen and oxygen atoms in total. The fourth-order valence-corrected chi connectivity index (χ4v) is 1.57. The number of Topliss-reactive ketones (excluding diaryl/α,β-unsaturated/α-hetero) is 2. The summed E-state index contributed by atoms with van der Waals surface area (Å²) in [5.41, 5.74) is 0.755. The molecule has 1 N–H and O–H groups in total. The molecule has 1 aromatic carbocycles. The number of ketones is 2. The van der Waals surface area contributed by atoms with Crippen LogP contribution in [0.2, 0.25) is 0 Å². The van der Waals surface area contributed by atoms with Gasteiger partial charge in [-0.2, -0.15) is 0 Å². The van der Waals surface area contributed by atoms with Gasteiger partial charge in [-0.05, 0) is 5.56 Å². The summed E-state index contributed by atoms with van der Waals surface area (Å²) in [5, 5.41) is 9.01. The van der Waals surface area contributed by atoms with E-state index in [-0.39, 0.29) is 6.42 Å². The summed E-state index contributed by atoms with van der Waals surface area (Å²) in [6, 6.07) is 8.90. The van der Waals surface area contributed by atoms with E-state index in [0.717, 1.165) is 5.56 Å². The predicted octanol–water partition coefficient (Wildman–Crippen LogP) is 1.52. The molecule has 0 aliphatic heterocycles. The Labute approximate surface area is 115 Å². The molecule has 0 saturated heterocycles. The minimum Gasteiger partial charge on any atom is -0.480 e. The van der Waals surface area contributed by atoms with Gasteiger partial charge in [0.05, 0.1) is 12.8 Å². The Bertz CT molecular complexity index is 530. The van der Waals surface area contributed by atoms with E-state index < -0.39 is 29.9 Å². The van der Waals surface area contributed by atoms with E-state index in [1.807, 2.05) is 6.07 Å². The van der Waals surface area contributed by atoms with Crippen molar-refractivity contribution in [2.45, 2.75) is 12.8 Å². The highest BCUT2D eigenvalue weighted by Gasteiger charge is 2.24. The molecule has 0 spiro atoms. The number of benzene rings is 1. The van der Waals surface area contributed by atoms with Crippen LogP contribution in [0.15, 0.2) is 36.4 Å². The van der Waals surface area contributed by atoms with Gasteiger partial charge in [-0.3, -0.25) is 14.4 Å². The van der Waals surface area contributed by atoms with E-state index >= 15 is 0 Å². The molecule has 1 atom stereocenters. The van der Waals surface area contributed by atoms with Crippen molar-refractivity contribution in [3.8, 4) is 0 Å². The van der Waals surface area contributed by atoms with Crippen LogP contribution in [0.25, 0.3) is 6.08 Å². The van der Waals surface area contributed by atoms with Gasteiger partial charge in [-0.25, -0.2) is 0 Å². The number of hydrogen-bond acceptors (Lipinski definition) is 4. The zero-order valence-electron chi connectivity index (χ0n) is 10.7. The maximum atomic E-state index is 11.7. The SMILES string of the molecule is O=CCC(=O)CC(=O)C(/C=C/c1ccccc1)C(=O)O. The molecule has 104 valence electrons. The molecular formula is C15H14O5. The number of carbonyl (C=O) groups excluding carboxylic acids is 3. The zero-order chi connectivity index (χ0) is 15.0. The molecule has 0 aromatic heterocycles. The van der Waals surface area contributed by atoms with E-state index in [4.69, 9.17) is 5.11 Å². The summed E-state index contributed by atoms with van der Waals surface area (Å²) < 4.78 is 0. The average molecular weight is 274 g/mol. The Morgan fingerprint density at radius 2 is 1.80 bits per heavy atom. The molecule has 1 unspecified atom stereocenters. The lowest BCUT2D eigenvalue weighted by Crippen LogP contribution is -2.24. The molecule has 1 aromatic rings. The third kappa shape index (κ3) is 4.97. The molecule has 20 heavy (non-hydrogen) atoms. The monoisotopic (exact) mass is 274 g/mol. The lowest BCUT2D eigenvalue weighted by atomic mass is 9.98. The van der Waals surface area contributed by atoms with Crippen LogP contribution in [-0.4, -0.2) is 28.9 Å². The highest BCUT2D eigenvalue weighted by Crippen LogP contribution is 2.10. The van der Waals surface area contributed by atoms with Crippen molar-refractivity contribution in [1.82, 2.24) is 0 Å². The number of aliphatic carboxylic acids is 1. The third-order valence-corrected chi connectivity index (χ3v) is 2.58. The number of rotatable bonds is 8. The number of hydrogen-bond donors (Lipinski definition) is 1. The third-order valence-electron chi connectivity index (χ3n) is 2.58. The van der Waals surface area contributed by atoms with Crippen LogP contribution < -0.4 is 0 Å². The summed E-state index contributed by atoms with van der Waals surface area (Å²) in [5.74, 6) is -4.01. The first-order valence-corrected chi connectivity index (χ1v) is 5.98. The topological polar surface area (TPSA) is 88.5 Å². The van der Waals surface area contributed by atoms with Gasteiger partial charge in [0, 0.05) is 0 Å². The van der Waals surface area contributed by atoms with Gasteiger partial charge in [0.25, 0.3) is 0 Å². The van der Waals surface area contributed by atoms with Crippen LogP contribution in [0.4, 0.5) is 0 Å². The van der Waals surface area contributed by atoms with E-state index in [1.54, 1.807) is 24.3 Å². The Morgan fingerprint density at radius 3 is 2.35 bits per heavy atom. The molecule has 5 heteroatoms. The lowest BCUT2D eigenvalue weighted by molar-refractivity contribution is -0.144. The van der Waals surface area contributed by atoms with Crippen molar-refractivity contribution in [1.29, 1.82) is 0 Å². The van der Waals surface area contributed by atoms with Crippen molar-refractivity contribution in [2.75, 3.05) is 0 Å². The highest BCUT2D eigenvalue weighted by atomic mass is 16.4. The van der Waals surface area contributed by atoms with E-state index in [9.17, 15) is 19.2 Å². The Morgan fingerprint density at radius 1 is 1.15 bits per heavy atom. The average Bonchev–Trinajstić information content (AvgIpc) is 2.39. The Hall–Kier alpha value is -2.56. The maximum absolute atomic E-state index is 11.7. The summed E-state index contributed by atoms with van der Waals surface area (Å²) >= 11 is 0. The fourth-order valence-electron chi connectivity index (χ4n) is 1.57. The minimum absolute atomic E-state index is 0.375. The van der Waals surface area contributed by atoms with Crippen LogP contribution in [0.3, 0.4) is 0 Å². The van der Waals surface area contributed by atoms with Crippen LogP contribution in [0.1, 0.15) is 18.4 Å². The first-order valence-electron chi connectivity index (χ1n) is 5.98. The molecule has 0 radical (unpaired) electrons. The molecule has 0 bridgehead atoms. The number of carbonyl (C=O) groups is 4. The van der Waals surface area contributed by atoms with Gasteiger partial charge in [-0.15, -0.1) is 0 Å². The van der Waals surface area contributed by atoms with Gasteiger partial charge < -0.3 is 9.90 Å². The molecule has 0 saturated carbocycles. The second-order valence-electron chi connectivity index (χ2n) is 4.14. The molecule has 1 rings (SSSR count). The van der Waals surface area contributed by atoms with Crippen LogP contribution in [0, 0.1) is 5.92 Å². The quantitative estimate of drug-likeness (QED) is 0.573. The van der Waals surface area contributed by atoms with Crippen molar-refractivity contribution >= 4 is 29.9 Å². The van der Waals surface area contributed by atoms with Crippen molar-refractivity contribution in [3.05, 3.63) is 42.0 Å². The first kappa shape index (κ1) is 15.5. The highest BCUT2D eigenvalue weighted by molar-refractivity contribution is 6.10. The summed E-state index contributed by atoms with van der Waals surface area (Å²) in [4.78, 5) is 44.1. The second kappa shape index (κ2) is 7.78. The maximum Gasteiger partial charge on any atom is 0.317 e. The zero-order valence-corrected chi connectivity index (χ0v) is 10.7. The van der Waals surface area contributed by atoms with E-state index in [1.165, 1.54) is 12.2 Å². The van der Waals surface area contributed by atoms with Gasteiger partial charge in [0.15, 0.2) is 5.78 Å². The largest absolute Gasteiger partial charge is 0.480 e. The van der Waals surface area contributed by atoms with E-state index in [2.05, 4.69) is 0 Å². The van der Waals surface area contributed by atoms with Gasteiger partial charge in [0.2, 0.25) is 0 Å². The van der Waals surface area contributed by atoms with Gasteiger partial charge in [-0.1, -0.05) is 42.5 Å². The molecule has 0 aliphatic rings. The van der Waals surface area contributed by atoms with E-state index in [0.29, 0.717) is 6.29 Å². The second-order valence-corrected chi connectivity index (χ2v) is 4.14. The number of carboxylic acid groups (broad SMARTS) is 1. The predicted molar refractivity (Wildman–Crippen MR) is 71.9 cm³/mol. The van der Waals surface area contributed by atoms with Crippen molar-refractivity contribution in [2.24, 2.45) is 5.92 Å². The van der Waals surface area contributed by atoms with Gasteiger partial charge >= 0.3 is 5.97 Å². The molecule has 0 fully saturated rings. The van der Waals surface area contributed by atoms with Crippen LogP contribution >= 0.6 is 0 Å². The van der Waals surface area contributed by atoms with Crippen LogP contribution in [-0.2, 0) is 19.2 Å². The molecule has 0 heterocycles.